The van der Waals surface area contributed by atoms with Gasteiger partial charge in [0.1, 0.15) is 12.6 Å². The molecule has 0 bridgehead atoms. The lowest BCUT2D eigenvalue weighted by molar-refractivity contribution is -0.150. The summed E-state index contributed by atoms with van der Waals surface area (Å²) >= 11 is 0. The Morgan fingerprint density at radius 2 is 2.35 bits per heavy atom. The maximum Gasteiger partial charge on any atom is 0.249 e. The summed E-state index contributed by atoms with van der Waals surface area (Å²) < 4.78 is 0. The Kier molecular flexibility index (Phi) is 4.39. The van der Waals surface area contributed by atoms with Gasteiger partial charge >= 0.3 is 0 Å². The van der Waals surface area contributed by atoms with E-state index in [1.165, 1.54) is 11.0 Å². The standard InChI is InChI=1S/C11H17N3O3/c1-3-5-7(12)11(17)14-6-9(15)13-10(16)8(14)4-2/h3,7-8H,1,4-6,12H2,2H3,(H,13,15,16). The molecule has 0 aromatic heterocycles. The van der Waals surface area contributed by atoms with E-state index < -0.39 is 23.9 Å². The van der Waals surface area contributed by atoms with E-state index in [1.54, 1.807) is 6.92 Å². The molecule has 1 aliphatic rings. The first-order valence-electron chi connectivity index (χ1n) is 5.51. The van der Waals surface area contributed by atoms with Gasteiger partial charge in [0.25, 0.3) is 0 Å². The lowest BCUT2D eigenvalue weighted by atomic mass is 10.1. The second kappa shape index (κ2) is 5.58. The van der Waals surface area contributed by atoms with Crippen LogP contribution in [0.1, 0.15) is 19.8 Å². The first-order chi connectivity index (χ1) is 8.01. The SMILES string of the molecule is C=CCC(N)C(=O)N1CC(=O)NC(=O)C1CC. The molecular formula is C11H17N3O3. The van der Waals surface area contributed by atoms with E-state index in [4.69, 9.17) is 5.73 Å². The highest BCUT2D eigenvalue weighted by molar-refractivity contribution is 6.04. The number of carbonyl (C=O) groups is 3. The van der Waals surface area contributed by atoms with Gasteiger partial charge in [0, 0.05) is 0 Å². The average Bonchev–Trinajstić information content (AvgIpc) is 2.27. The van der Waals surface area contributed by atoms with Crippen molar-refractivity contribution in [1.29, 1.82) is 0 Å². The molecule has 0 radical (unpaired) electrons. The number of amides is 3. The highest BCUT2D eigenvalue weighted by atomic mass is 16.2. The maximum absolute atomic E-state index is 12.0. The largest absolute Gasteiger partial charge is 0.320 e. The molecule has 94 valence electrons. The highest BCUT2D eigenvalue weighted by Crippen LogP contribution is 2.11. The fraction of sp³-hybridized carbons (Fsp3) is 0.545. The first-order valence-corrected chi connectivity index (χ1v) is 5.51. The van der Waals surface area contributed by atoms with Crippen molar-refractivity contribution in [3.05, 3.63) is 12.7 Å². The van der Waals surface area contributed by atoms with Crippen LogP contribution in [0.25, 0.3) is 0 Å². The monoisotopic (exact) mass is 239 g/mol. The van der Waals surface area contributed by atoms with Crippen LogP contribution in [-0.2, 0) is 14.4 Å². The summed E-state index contributed by atoms with van der Waals surface area (Å²) in [6.07, 6.45) is 2.31. The fourth-order valence-electron chi connectivity index (χ4n) is 1.80. The van der Waals surface area contributed by atoms with Gasteiger partial charge in [-0.05, 0) is 12.8 Å². The van der Waals surface area contributed by atoms with Crippen LogP contribution < -0.4 is 11.1 Å². The minimum atomic E-state index is -0.750. The molecule has 6 heteroatoms. The topological polar surface area (TPSA) is 92.5 Å². The number of nitrogens with two attached hydrogens (primary N) is 1. The Balaban J connectivity index is 2.84. The molecule has 3 N–H and O–H groups in total. The lowest BCUT2D eigenvalue weighted by Crippen LogP contribution is -2.62. The Morgan fingerprint density at radius 3 is 2.88 bits per heavy atom. The van der Waals surface area contributed by atoms with Gasteiger partial charge < -0.3 is 10.6 Å². The number of nitrogens with one attached hydrogen (secondary N) is 1. The molecule has 1 aliphatic heterocycles. The molecule has 0 aromatic rings. The number of imide groups is 1. The average molecular weight is 239 g/mol. The normalized spacial score (nSPS) is 22.0. The molecule has 0 aliphatic carbocycles. The van der Waals surface area contributed by atoms with Crippen molar-refractivity contribution >= 4 is 17.7 Å². The first kappa shape index (κ1) is 13.4. The van der Waals surface area contributed by atoms with Crippen LogP contribution >= 0.6 is 0 Å². The van der Waals surface area contributed by atoms with E-state index in [2.05, 4.69) is 11.9 Å². The summed E-state index contributed by atoms with van der Waals surface area (Å²) in [7, 11) is 0. The summed E-state index contributed by atoms with van der Waals surface area (Å²) in [5.74, 6) is -1.30. The van der Waals surface area contributed by atoms with Gasteiger partial charge in [0.2, 0.25) is 17.7 Å². The molecule has 1 rings (SSSR count). The Bertz CT molecular complexity index is 354. The van der Waals surface area contributed by atoms with Gasteiger partial charge in [-0.15, -0.1) is 6.58 Å². The molecule has 1 saturated heterocycles. The summed E-state index contributed by atoms with van der Waals surface area (Å²) in [5.41, 5.74) is 5.66. The molecule has 1 fully saturated rings. The van der Waals surface area contributed by atoms with Crippen LogP contribution in [0.15, 0.2) is 12.7 Å². The number of carbonyl (C=O) groups excluding carboxylic acids is 3. The number of nitrogens with zero attached hydrogens (tertiary/aromatic N) is 1. The molecule has 0 saturated carbocycles. The quantitative estimate of drug-likeness (QED) is 0.494. The van der Waals surface area contributed by atoms with E-state index in [0.29, 0.717) is 12.8 Å². The predicted octanol–water partition coefficient (Wildman–Crippen LogP) is -0.847. The van der Waals surface area contributed by atoms with E-state index in [0.717, 1.165) is 0 Å². The minimum Gasteiger partial charge on any atom is -0.320 e. The summed E-state index contributed by atoms with van der Waals surface area (Å²) in [4.78, 5) is 36.0. The molecule has 2 atom stereocenters. The van der Waals surface area contributed by atoms with Crippen LogP contribution in [0, 0.1) is 0 Å². The van der Waals surface area contributed by atoms with Crippen molar-refractivity contribution in [3.63, 3.8) is 0 Å². The van der Waals surface area contributed by atoms with E-state index in [1.807, 2.05) is 0 Å². The maximum atomic E-state index is 12.0. The van der Waals surface area contributed by atoms with Crippen molar-refractivity contribution in [2.45, 2.75) is 31.8 Å². The molecule has 3 amide bonds. The summed E-state index contributed by atoms with van der Waals surface area (Å²) in [5, 5.41) is 2.20. The van der Waals surface area contributed by atoms with Crippen molar-refractivity contribution < 1.29 is 14.4 Å². The Morgan fingerprint density at radius 1 is 1.71 bits per heavy atom. The van der Waals surface area contributed by atoms with Crippen molar-refractivity contribution in [2.24, 2.45) is 5.73 Å². The third-order valence-electron chi connectivity index (χ3n) is 2.66. The molecule has 6 nitrogen and oxygen atoms in total. The van der Waals surface area contributed by atoms with Crippen LogP contribution in [-0.4, -0.2) is 41.2 Å². The van der Waals surface area contributed by atoms with Crippen LogP contribution in [0.5, 0.6) is 0 Å². The summed E-state index contributed by atoms with van der Waals surface area (Å²) in [6, 6.07) is -1.36. The fourth-order valence-corrected chi connectivity index (χ4v) is 1.80. The van der Waals surface area contributed by atoms with Gasteiger partial charge in [-0.1, -0.05) is 13.0 Å². The van der Waals surface area contributed by atoms with Crippen molar-refractivity contribution in [1.82, 2.24) is 10.2 Å². The van der Waals surface area contributed by atoms with Crippen molar-refractivity contribution in [2.75, 3.05) is 6.54 Å². The van der Waals surface area contributed by atoms with Gasteiger partial charge in [0.15, 0.2) is 0 Å². The minimum absolute atomic E-state index is 0.117. The van der Waals surface area contributed by atoms with E-state index in [9.17, 15) is 14.4 Å². The molecule has 2 unspecified atom stereocenters. The zero-order chi connectivity index (χ0) is 13.0. The Hall–Kier alpha value is -1.69. The second-order valence-electron chi connectivity index (χ2n) is 3.93. The number of hydrogen-bond donors (Lipinski definition) is 2. The third-order valence-corrected chi connectivity index (χ3v) is 2.66. The molecule has 17 heavy (non-hydrogen) atoms. The Labute approximate surface area is 99.8 Å². The lowest BCUT2D eigenvalue weighted by Gasteiger charge is -2.34. The number of hydrogen-bond acceptors (Lipinski definition) is 4. The number of piperazine rings is 1. The predicted molar refractivity (Wildman–Crippen MR) is 61.7 cm³/mol. The van der Waals surface area contributed by atoms with E-state index in [-0.39, 0.29) is 12.5 Å². The van der Waals surface area contributed by atoms with Crippen LogP contribution in [0.3, 0.4) is 0 Å². The van der Waals surface area contributed by atoms with Crippen molar-refractivity contribution in [3.8, 4) is 0 Å². The van der Waals surface area contributed by atoms with Crippen LogP contribution in [0.4, 0.5) is 0 Å². The molecule has 0 aromatic carbocycles. The third kappa shape index (κ3) is 2.91. The van der Waals surface area contributed by atoms with E-state index >= 15 is 0 Å². The molecular weight excluding hydrogens is 222 g/mol. The molecule has 1 heterocycles. The second-order valence-corrected chi connectivity index (χ2v) is 3.93. The van der Waals surface area contributed by atoms with Crippen LogP contribution in [0.2, 0.25) is 0 Å². The van der Waals surface area contributed by atoms with Gasteiger partial charge in [-0.3, -0.25) is 19.7 Å². The van der Waals surface area contributed by atoms with Gasteiger partial charge in [0.05, 0.1) is 6.04 Å². The van der Waals surface area contributed by atoms with Gasteiger partial charge in [-0.25, -0.2) is 0 Å². The zero-order valence-corrected chi connectivity index (χ0v) is 9.81. The van der Waals surface area contributed by atoms with Gasteiger partial charge in [-0.2, -0.15) is 0 Å². The highest BCUT2D eigenvalue weighted by Gasteiger charge is 2.36. The summed E-state index contributed by atoms with van der Waals surface area (Å²) in [6.45, 7) is 5.16. The zero-order valence-electron chi connectivity index (χ0n) is 9.81. The molecule has 0 spiro atoms. The smallest absolute Gasteiger partial charge is 0.249 e. The number of rotatable bonds is 4.